The second-order valence-electron chi connectivity index (χ2n) is 4.58. The molecule has 21 heavy (non-hydrogen) atoms. The lowest BCUT2D eigenvalue weighted by atomic mass is 10.1. The highest BCUT2D eigenvalue weighted by Gasteiger charge is 2.15. The average Bonchev–Trinajstić information content (AvgIpc) is 3.04. The van der Waals surface area contributed by atoms with Gasteiger partial charge < -0.3 is 9.84 Å². The lowest BCUT2D eigenvalue weighted by Crippen LogP contribution is -1.93. The lowest BCUT2D eigenvalue weighted by molar-refractivity contribution is 0.432. The van der Waals surface area contributed by atoms with Crippen molar-refractivity contribution in [3.8, 4) is 23.0 Å². The van der Waals surface area contributed by atoms with Gasteiger partial charge in [0, 0.05) is 18.9 Å². The van der Waals surface area contributed by atoms with Gasteiger partial charge in [-0.1, -0.05) is 30.3 Å². The van der Waals surface area contributed by atoms with E-state index < -0.39 is 0 Å². The van der Waals surface area contributed by atoms with E-state index in [2.05, 4.69) is 27.4 Å². The Kier molecular flexibility index (Phi) is 3.64. The third-order valence-electron chi connectivity index (χ3n) is 3.34. The van der Waals surface area contributed by atoms with Crippen molar-refractivity contribution in [1.82, 2.24) is 15.1 Å². The van der Waals surface area contributed by atoms with Crippen molar-refractivity contribution in [2.75, 3.05) is 12.4 Å². The summed E-state index contributed by atoms with van der Waals surface area (Å²) in [6.45, 7) is 2.08. The molecule has 106 valence electrons. The summed E-state index contributed by atoms with van der Waals surface area (Å²) in [6.07, 6.45) is 2.62. The van der Waals surface area contributed by atoms with E-state index in [1.807, 2.05) is 43.4 Å². The van der Waals surface area contributed by atoms with Gasteiger partial charge >= 0.3 is 0 Å². The van der Waals surface area contributed by atoms with Gasteiger partial charge in [0.25, 0.3) is 5.89 Å². The Morgan fingerprint density at radius 1 is 1.14 bits per heavy atom. The fourth-order valence-electron chi connectivity index (χ4n) is 2.24. The first-order chi connectivity index (χ1) is 10.3. The minimum Gasteiger partial charge on any atom is -0.387 e. The molecular weight excluding hydrogens is 264 g/mol. The van der Waals surface area contributed by atoms with Crippen LogP contribution in [0.3, 0.4) is 0 Å². The molecule has 3 aromatic rings. The lowest BCUT2D eigenvalue weighted by Gasteiger charge is -2.03. The Balaban J connectivity index is 2.04. The predicted octanol–water partition coefficient (Wildman–Crippen LogP) is 3.40. The van der Waals surface area contributed by atoms with Crippen LogP contribution in [0.1, 0.15) is 12.5 Å². The zero-order valence-electron chi connectivity index (χ0n) is 12.0. The smallest absolute Gasteiger partial charge is 0.260 e. The van der Waals surface area contributed by atoms with E-state index in [1.165, 1.54) is 0 Å². The van der Waals surface area contributed by atoms with E-state index in [0.717, 1.165) is 28.9 Å². The molecule has 2 heterocycles. The second kappa shape index (κ2) is 5.75. The van der Waals surface area contributed by atoms with Gasteiger partial charge in [0.1, 0.15) is 5.69 Å². The van der Waals surface area contributed by atoms with Crippen LogP contribution in [0.25, 0.3) is 23.0 Å². The van der Waals surface area contributed by atoms with Gasteiger partial charge in [-0.15, -0.1) is 0 Å². The molecule has 0 aliphatic carbocycles. The summed E-state index contributed by atoms with van der Waals surface area (Å²) in [5.41, 5.74) is 3.71. The van der Waals surface area contributed by atoms with Crippen LogP contribution in [0.5, 0.6) is 0 Å². The Hall–Kier alpha value is -2.69. The number of nitrogens with one attached hydrogen (secondary N) is 1. The molecule has 0 aliphatic heterocycles. The van der Waals surface area contributed by atoms with Gasteiger partial charge in [-0.3, -0.25) is 4.98 Å². The molecule has 0 aliphatic rings. The van der Waals surface area contributed by atoms with Crippen LogP contribution in [-0.4, -0.2) is 22.2 Å². The third-order valence-corrected chi connectivity index (χ3v) is 3.34. The van der Waals surface area contributed by atoms with Gasteiger partial charge in [-0.25, -0.2) is 0 Å². The van der Waals surface area contributed by atoms with E-state index in [-0.39, 0.29) is 0 Å². The highest BCUT2D eigenvalue weighted by atomic mass is 16.5. The molecule has 0 spiro atoms. The summed E-state index contributed by atoms with van der Waals surface area (Å²) in [6, 6.07) is 11.8. The topological polar surface area (TPSA) is 63.8 Å². The molecule has 5 heteroatoms. The van der Waals surface area contributed by atoms with Crippen LogP contribution in [0, 0.1) is 0 Å². The third kappa shape index (κ3) is 2.50. The largest absolute Gasteiger partial charge is 0.387 e. The van der Waals surface area contributed by atoms with Crippen LogP contribution < -0.4 is 5.32 Å². The Bertz CT molecular complexity index is 689. The molecule has 0 atom stereocenters. The maximum Gasteiger partial charge on any atom is 0.260 e. The van der Waals surface area contributed by atoms with Crippen molar-refractivity contribution < 1.29 is 4.52 Å². The van der Waals surface area contributed by atoms with Gasteiger partial charge in [-0.2, -0.15) is 4.98 Å². The number of anilines is 1. The second-order valence-corrected chi connectivity index (χ2v) is 4.58. The van der Waals surface area contributed by atoms with Crippen LogP contribution in [0.15, 0.2) is 47.1 Å². The molecule has 3 rings (SSSR count). The van der Waals surface area contributed by atoms with Gasteiger partial charge in [0.15, 0.2) is 0 Å². The first-order valence-corrected chi connectivity index (χ1v) is 6.88. The summed E-state index contributed by atoms with van der Waals surface area (Å²) in [5, 5.41) is 7.19. The van der Waals surface area contributed by atoms with Crippen molar-refractivity contribution in [2.45, 2.75) is 13.3 Å². The Morgan fingerprint density at radius 3 is 2.81 bits per heavy atom. The average molecular weight is 280 g/mol. The summed E-state index contributed by atoms with van der Waals surface area (Å²) >= 11 is 0. The fraction of sp³-hybridized carbons (Fsp3) is 0.188. The summed E-state index contributed by atoms with van der Waals surface area (Å²) in [4.78, 5) is 8.86. The number of benzene rings is 1. The van der Waals surface area contributed by atoms with Crippen molar-refractivity contribution in [3.05, 3.63) is 48.2 Å². The van der Waals surface area contributed by atoms with Gasteiger partial charge in [-0.05, 0) is 30.2 Å². The van der Waals surface area contributed by atoms with E-state index >= 15 is 0 Å². The number of pyridine rings is 1. The van der Waals surface area contributed by atoms with Crippen molar-refractivity contribution >= 4 is 5.69 Å². The van der Waals surface area contributed by atoms with E-state index in [0.29, 0.717) is 11.7 Å². The zero-order chi connectivity index (χ0) is 14.7. The predicted molar refractivity (Wildman–Crippen MR) is 81.9 cm³/mol. The maximum atomic E-state index is 5.41. The quantitative estimate of drug-likeness (QED) is 0.793. The van der Waals surface area contributed by atoms with Crippen molar-refractivity contribution in [3.63, 3.8) is 0 Å². The van der Waals surface area contributed by atoms with E-state index in [4.69, 9.17) is 4.52 Å². The molecule has 1 N–H and O–H groups in total. The Labute approximate surface area is 123 Å². The minimum absolute atomic E-state index is 0.489. The number of aryl methyl sites for hydroxylation is 1. The first-order valence-electron chi connectivity index (χ1n) is 6.88. The van der Waals surface area contributed by atoms with Gasteiger partial charge in [0.05, 0.1) is 5.56 Å². The standard InChI is InChI=1S/C16H16N4O/c1-3-11-7-6-10-18-14(11)15-19-16(21-20-15)12-8-4-5-9-13(12)17-2/h4-10,17H,3H2,1-2H3. The molecule has 0 saturated heterocycles. The van der Waals surface area contributed by atoms with E-state index in [9.17, 15) is 0 Å². The number of para-hydroxylation sites is 1. The maximum absolute atomic E-state index is 5.41. The zero-order valence-corrected chi connectivity index (χ0v) is 12.0. The molecule has 0 amide bonds. The number of aromatic nitrogens is 3. The normalized spacial score (nSPS) is 10.6. The molecule has 5 nitrogen and oxygen atoms in total. The number of nitrogens with zero attached hydrogens (tertiary/aromatic N) is 3. The van der Waals surface area contributed by atoms with Crippen molar-refractivity contribution in [1.29, 1.82) is 0 Å². The molecule has 0 bridgehead atoms. The van der Waals surface area contributed by atoms with Crippen LogP contribution in [0.4, 0.5) is 5.69 Å². The molecule has 0 fully saturated rings. The monoisotopic (exact) mass is 280 g/mol. The van der Waals surface area contributed by atoms with Crippen LogP contribution in [-0.2, 0) is 6.42 Å². The SMILES string of the molecule is CCc1cccnc1-c1noc(-c2ccccc2NC)n1. The molecule has 2 aromatic heterocycles. The molecular formula is C16H16N4O. The highest BCUT2D eigenvalue weighted by molar-refractivity contribution is 5.73. The number of hydrogen-bond acceptors (Lipinski definition) is 5. The number of rotatable bonds is 4. The summed E-state index contributed by atoms with van der Waals surface area (Å²) in [5.74, 6) is 1.01. The van der Waals surface area contributed by atoms with Crippen LogP contribution in [0.2, 0.25) is 0 Å². The molecule has 0 unspecified atom stereocenters. The minimum atomic E-state index is 0.489. The summed E-state index contributed by atoms with van der Waals surface area (Å²) < 4.78 is 5.41. The summed E-state index contributed by atoms with van der Waals surface area (Å²) in [7, 11) is 1.87. The molecule has 1 aromatic carbocycles. The first kappa shape index (κ1) is 13.3. The van der Waals surface area contributed by atoms with E-state index in [1.54, 1.807) is 6.20 Å². The number of hydrogen-bond donors (Lipinski definition) is 1. The fourth-order valence-corrected chi connectivity index (χ4v) is 2.24. The highest BCUT2D eigenvalue weighted by Crippen LogP contribution is 2.28. The van der Waals surface area contributed by atoms with Gasteiger partial charge in [0.2, 0.25) is 5.82 Å². The molecule has 0 radical (unpaired) electrons. The Morgan fingerprint density at radius 2 is 2.00 bits per heavy atom. The van der Waals surface area contributed by atoms with Crippen LogP contribution >= 0.6 is 0 Å². The molecule has 0 saturated carbocycles. The van der Waals surface area contributed by atoms with Crippen molar-refractivity contribution in [2.24, 2.45) is 0 Å².